The van der Waals surface area contributed by atoms with Crippen molar-refractivity contribution in [2.45, 2.75) is 44.8 Å². The van der Waals surface area contributed by atoms with E-state index in [0.717, 1.165) is 17.7 Å². The highest BCUT2D eigenvalue weighted by atomic mass is 16.5. The number of nitrogens with one attached hydrogen (secondary N) is 1. The van der Waals surface area contributed by atoms with Gasteiger partial charge >= 0.3 is 5.97 Å². The molecule has 1 aromatic rings. The maximum atomic E-state index is 12.6. The Morgan fingerprint density at radius 1 is 1.30 bits per heavy atom. The van der Waals surface area contributed by atoms with Crippen molar-refractivity contribution in [1.82, 2.24) is 10.2 Å². The zero-order valence-corrected chi connectivity index (χ0v) is 15.1. The largest absolute Gasteiger partial charge is 0.480 e. The molecule has 2 atom stereocenters. The van der Waals surface area contributed by atoms with Crippen molar-refractivity contribution < 1.29 is 29.0 Å². The van der Waals surface area contributed by atoms with Crippen LogP contribution in [-0.2, 0) is 9.53 Å². The van der Waals surface area contributed by atoms with Gasteiger partial charge in [-0.3, -0.25) is 19.3 Å². The number of benzene rings is 1. The second-order valence-electron chi connectivity index (χ2n) is 6.77. The molecule has 2 aliphatic heterocycles. The lowest BCUT2D eigenvalue weighted by atomic mass is 10.0. The molecular formula is C19H22N2O6. The Morgan fingerprint density at radius 3 is 2.67 bits per heavy atom. The minimum absolute atomic E-state index is 0.149. The highest BCUT2D eigenvalue weighted by molar-refractivity contribution is 6.22. The van der Waals surface area contributed by atoms with E-state index < -0.39 is 29.7 Å². The summed E-state index contributed by atoms with van der Waals surface area (Å²) in [6, 6.07) is 3.23. The maximum Gasteiger partial charge on any atom is 0.326 e. The molecule has 0 radical (unpaired) electrons. The van der Waals surface area contributed by atoms with E-state index >= 15 is 0 Å². The number of fused-ring (bicyclic) bond motifs is 1. The fourth-order valence-electron chi connectivity index (χ4n) is 3.38. The quantitative estimate of drug-likeness (QED) is 0.699. The predicted molar refractivity (Wildman–Crippen MR) is 94.6 cm³/mol. The summed E-state index contributed by atoms with van der Waals surface area (Å²) in [6.07, 6.45) is 2.46. The standard InChI is InChI=1S/C19H22N2O6/c1-2-4-15(19(25)26)20-16(22)11-6-7-13-14(9-11)18(24)21(17(13)23)10-12-5-3-8-27-12/h6-7,9,12,15H,2-5,8,10H2,1H3,(H,20,22)(H,25,26). The summed E-state index contributed by atoms with van der Waals surface area (Å²) < 4.78 is 5.50. The Labute approximate surface area is 156 Å². The zero-order valence-electron chi connectivity index (χ0n) is 15.1. The summed E-state index contributed by atoms with van der Waals surface area (Å²) >= 11 is 0. The van der Waals surface area contributed by atoms with E-state index in [-0.39, 0.29) is 29.3 Å². The first-order chi connectivity index (χ1) is 12.9. The molecule has 8 nitrogen and oxygen atoms in total. The first-order valence-corrected chi connectivity index (χ1v) is 9.08. The third-order valence-corrected chi connectivity index (χ3v) is 4.82. The summed E-state index contributed by atoms with van der Waals surface area (Å²) in [4.78, 5) is 49.9. The van der Waals surface area contributed by atoms with Gasteiger partial charge in [0.1, 0.15) is 6.04 Å². The Hall–Kier alpha value is -2.74. The lowest BCUT2D eigenvalue weighted by molar-refractivity contribution is -0.139. The number of nitrogens with zero attached hydrogens (tertiary/aromatic N) is 1. The second-order valence-corrected chi connectivity index (χ2v) is 6.77. The summed E-state index contributed by atoms with van der Waals surface area (Å²) in [5.74, 6) is -2.55. The van der Waals surface area contributed by atoms with E-state index in [9.17, 15) is 24.3 Å². The Kier molecular flexibility index (Phi) is 5.55. The van der Waals surface area contributed by atoms with Crippen molar-refractivity contribution in [1.29, 1.82) is 0 Å². The Bertz CT molecular complexity index is 784. The fourth-order valence-corrected chi connectivity index (χ4v) is 3.38. The number of carbonyl (C=O) groups is 4. The summed E-state index contributed by atoms with van der Waals surface area (Å²) in [7, 11) is 0. The fraction of sp³-hybridized carbons (Fsp3) is 0.474. The number of carboxylic acids is 1. The lowest BCUT2D eigenvalue weighted by Crippen LogP contribution is -2.40. The van der Waals surface area contributed by atoms with E-state index in [1.54, 1.807) is 0 Å². The van der Waals surface area contributed by atoms with Crippen LogP contribution >= 0.6 is 0 Å². The van der Waals surface area contributed by atoms with Gasteiger partial charge in [-0.25, -0.2) is 4.79 Å². The van der Waals surface area contributed by atoms with Crippen LogP contribution in [0.4, 0.5) is 0 Å². The number of carbonyl (C=O) groups excluding carboxylic acids is 3. The molecule has 2 N–H and O–H groups in total. The van der Waals surface area contributed by atoms with Gasteiger partial charge in [-0.1, -0.05) is 13.3 Å². The molecule has 2 heterocycles. The van der Waals surface area contributed by atoms with Gasteiger partial charge in [0.15, 0.2) is 0 Å². The van der Waals surface area contributed by atoms with Crippen molar-refractivity contribution >= 4 is 23.7 Å². The predicted octanol–water partition coefficient (Wildman–Crippen LogP) is 1.44. The SMILES string of the molecule is CCCC(NC(=O)c1ccc2c(c1)C(=O)N(CC1CCCO1)C2=O)C(=O)O. The van der Waals surface area contributed by atoms with Gasteiger partial charge in [0, 0.05) is 12.2 Å². The van der Waals surface area contributed by atoms with Gasteiger partial charge in [0.25, 0.3) is 17.7 Å². The molecule has 0 bridgehead atoms. The second kappa shape index (κ2) is 7.87. The van der Waals surface area contributed by atoms with Crippen molar-refractivity contribution in [2.75, 3.05) is 13.2 Å². The van der Waals surface area contributed by atoms with Gasteiger partial charge in [-0.05, 0) is 37.5 Å². The van der Waals surface area contributed by atoms with Crippen LogP contribution in [0.2, 0.25) is 0 Å². The van der Waals surface area contributed by atoms with Crippen molar-refractivity contribution in [2.24, 2.45) is 0 Å². The van der Waals surface area contributed by atoms with Crippen molar-refractivity contribution in [3.63, 3.8) is 0 Å². The van der Waals surface area contributed by atoms with Gasteiger partial charge < -0.3 is 15.2 Å². The van der Waals surface area contributed by atoms with Crippen LogP contribution in [0.25, 0.3) is 0 Å². The number of rotatable bonds is 7. The highest BCUT2D eigenvalue weighted by Gasteiger charge is 2.38. The molecule has 0 aromatic heterocycles. The van der Waals surface area contributed by atoms with Crippen molar-refractivity contribution in [3.8, 4) is 0 Å². The Morgan fingerprint density at radius 2 is 2.04 bits per heavy atom. The van der Waals surface area contributed by atoms with Crippen LogP contribution in [0.5, 0.6) is 0 Å². The third kappa shape index (κ3) is 3.85. The summed E-state index contributed by atoms with van der Waals surface area (Å²) in [5, 5.41) is 11.6. The van der Waals surface area contributed by atoms with Gasteiger partial charge in [0.05, 0.1) is 23.8 Å². The lowest BCUT2D eigenvalue weighted by Gasteiger charge is -2.17. The molecule has 2 aliphatic rings. The Balaban J connectivity index is 1.76. The van der Waals surface area contributed by atoms with Gasteiger partial charge in [0.2, 0.25) is 0 Å². The number of imide groups is 1. The molecule has 1 saturated heterocycles. The minimum atomic E-state index is -1.11. The van der Waals surface area contributed by atoms with Crippen LogP contribution < -0.4 is 5.32 Å². The van der Waals surface area contributed by atoms with E-state index in [2.05, 4.69) is 5.32 Å². The van der Waals surface area contributed by atoms with E-state index in [1.165, 1.54) is 18.2 Å². The minimum Gasteiger partial charge on any atom is -0.480 e. The molecule has 144 valence electrons. The smallest absolute Gasteiger partial charge is 0.326 e. The first kappa shape index (κ1) is 19.0. The molecule has 0 saturated carbocycles. The van der Waals surface area contributed by atoms with Crippen LogP contribution in [0.1, 0.15) is 63.7 Å². The van der Waals surface area contributed by atoms with Gasteiger partial charge in [-0.2, -0.15) is 0 Å². The van der Waals surface area contributed by atoms with Crippen LogP contribution in [0.3, 0.4) is 0 Å². The summed E-state index contributed by atoms with van der Waals surface area (Å²) in [5.41, 5.74) is 0.558. The average Bonchev–Trinajstić information content (AvgIpc) is 3.24. The topological polar surface area (TPSA) is 113 Å². The van der Waals surface area contributed by atoms with Crippen molar-refractivity contribution in [3.05, 3.63) is 34.9 Å². The van der Waals surface area contributed by atoms with Crippen LogP contribution in [0.15, 0.2) is 18.2 Å². The zero-order chi connectivity index (χ0) is 19.6. The van der Waals surface area contributed by atoms with E-state index in [0.29, 0.717) is 19.4 Å². The molecule has 3 rings (SSSR count). The summed E-state index contributed by atoms with van der Waals surface area (Å²) in [6.45, 7) is 2.65. The number of aliphatic carboxylic acids is 1. The first-order valence-electron chi connectivity index (χ1n) is 9.08. The van der Waals surface area contributed by atoms with Crippen LogP contribution in [0, 0.1) is 0 Å². The van der Waals surface area contributed by atoms with Gasteiger partial charge in [-0.15, -0.1) is 0 Å². The molecule has 3 amide bonds. The molecule has 27 heavy (non-hydrogen) atoms. The number of amides is 3. The molecular weight excluding hydrogens is 352 g/mol. The molecule has 1 aromatic carbocycles. The maximum absolute atomic E-state index is 12.6. The average molecular weight is 374 g/mol. The number of hydrogen-bond donors (Lipinski definition) is 2. The molecule has 0 aliphatic carbocycles. The number of carboxylic acid groups (broad SMARTS) is 1. The van der Waals surface area contributed by atoms with E-state index in [4.69, 9.17) is 4.74 Å². The molecule has 2 unspecified atom stereocenters. The normalized spacial score (nSPS) is 19.9. The monoisotopic (exact) mass is 374 g/mol. The molecule has 1 fully saturated rings. The molecule has 8 heteroatoms. The molecule has 0 spiro atoms. The van der Waals surface area contributed by atoms with E-state index in [1.807, 2.05) is 6.92 Å². The highest BCUT2D eigenvalue weighted by Crippen LogP contribution is 2.26. The number of ether oxygens (including phenoxy) is 1. The van der Waals surface area contributed by atoms with Crippen LogP contribution in [-0.4, -0.2) is 59.0 Å². The third-order valence-electron chi connectivity index (χ3n) is 4.82. The number of hydrogen-bond acceptors (Lipinski definition) is 5.